The maximum Gasteiger partial charge on any atom is 0.433 e. The van der Waals surface area contributed by atoms with E-state index in [0.717, 1.165) is 37.1 Å². The molecule has 1 amide bonds. The third-order valence-corrected chi connectivity index (χ3v) is 5.34. The maximum absolute atomic E-state index is 13.0. The van der Waals surface area contributed by atoms with Gasteiger partial charge >= 0.3 is 12.2 Å². The first-order valence-corrected chi connectivity index (χ1v) is 10.3. The number of rotatable bonds is 4. The van der Waals surface area contributed by atoms with Crippen LogP contribution in [0.1, 0.15) is 29.9 Å². The number of ether oxygens (including phenoxy) is 1. The Morgan fingerprint density at radius 1 is 1.12 bits per heavy atom. The lowest BCUT2D eigenvalue weighted by Crippen LogP contribution is -2.54. The van der Waals surface area contributed by atoms with Crippen LogP contribution in [-0.2, 0) is 6.18 Å². The third kappa shape index (κ3) is 4.82. The number of pyridine rings is 1. The lowest BCUT2D eigenvalue weighted by molar-refractivity contribution is -0.141. The average molecular weight is 460 g/mol. The minimum Gasteiger partial charge on any atom is -0.467 e. The van der Waals surface area contributed by atoms with Gasteiger partial charge in [0.05, 0.1) is 30.1 Å². The van der Waals surface area contributed by atoms with Gasteiger partial charge in [0.1, 0.15) is 5.69 Å². The highest BCUT2D eigenvalue weighted by Gasteiger charge is 2.32. The molecule has 1 fully saturated rings. The molecular formula is C22H23F3N6O2. The van der Waals surface area contributed by atoms with Crippen LogP contribution in [-0.4, -0.2) is 53.1 Å². The van der Waals surface area contributed by atoms with Gasteiger partial charge in [0.25, 0.3) is 5.91 Å². The molecule has 1 aliphatic heterocycles. The summed E-state index contributed by atoms with van der Waals surface area (Å²) in [4.78, 5) is 27.2. The second kappa shape index (κ2) is 8.81. The van der Waals surface area contributed by atoms with E-state index in [4.69, 9.17) is 4.74 Å². The number of amides is 1. The molecule has 3 heterocycles. The van der Waals surface area contributed by atoms with Crippen LogP contribution in [0.5, 0.6) is 6.01 Å². The first-order valence-electron chi connectivity index (χ1n) is 10.3. The molecule has 11 heteroatoms. The molecule has 0 aliphatic carbocycles. The molecule has 2 N–H and O–H groups in total. The lowest BCUT2D eigenvalue weighted by atomic mass is 10.0. The maximum atomic E-state index is 13.0. The molecule has 3 aromatic rings. The van der Waals surface area contributed by atoms with E-state index in [1.54, 1.807) is 12.3 Å². The number of carbonyl (C=O) groups excluding carboxylic acids is 1. The zero-order valence-corrected chi connectivity index (χ0v) is 18.3. The highest BCUT2D eigenvalue weighted by atomic mass is 19.4. The van der Waals surface area contributed by atoms with Gasteiger partial charge in [0.15, 0.2) is 0 Å². The molecule has 0 unspecified atom stereocenters. The second-order valence-electron chi connectivity index (χ2n) is 8.01. The number of nitrogens with one attached hydrogen (secondary N) is 2. The van der Waals surface area contributed by atoms with Crippen LogP contribution in [0.15, 0.2) is 36.7 Å². The average Bonchev–Trinajstić information content (AvgIpc) is 2.77. The minimum atomic E-state index is -4.55. The number of benzene rings is 1. The van der Waals surface area contributed by atoms with Gasteiger partial charge in [-0.1, -0.05) is 0 Å². The summed E-state index contributed by atoms with van der Waals surface area (Å²) in [6.45, 7) is 5.75. The number of hydrogen-bond acceptors (Lipinski definition) is 7. The SMILES string of the molecule is COc1ncc2c(N3C[C@H](C)N[C@@H](C)C3)ccc(C(=O)Nc3ccc(C(F)(F)F)nc3)c2n1. The molecule has 8 nitrogen and oxygen atoms in total. The third-order valence-electron chi connectivity index (χ3n) is 5.34. The van der Waals surface area contributed by atoms with Crippen molar-refractivity contribution in [1.29, 1.82) is 0 Å². The number of piperazine rings is 1. The van der Waals surface area contributed by atoms with Crippen molar-refractivity contribution in [2.75, 3.05) is 30.4 Å². The summed E-state index contributed by atoms with van der Waals surface area (Å²) < 4.78 is 43.4. The van der Waals surface area contributed by atoms with Gasteiger partial charge in [0, 0.05) is 42.4 Å². The van der Waals surface area contributed by atoms with Crippen LogP contribution in [0, 0.1) is 0 Å². The summed E-state index contributed by atoms with van der Waals surface area (Å²) >= 11 is 0. The van der Waals surface area contributed by atoms with Crippen LogP contribution in [0.3, 0.4) is 0 Å². The summed E-state index contributed by atoms with van der Waals surface area (Å²) in [5.74, 6) is -0.532. The highest BCUT2D eigenvalue weighted by molar-refractivity contribution is 6.13. The molecule has 1 aliphatic rings. The molecule has 0 radical (unpaired) electrons. The van der Waals surface area contributed by atoms with Crippen LogP contribution in [0.4, 0.5) is 24.5 Å². The first-order chi connectivity index (χ1) is 15.7. The van der Waals surface area contributed by atoms with Crippen molar-refractivity contribution < 1.29 is 22.7 Å². The van der Waals surface area contributed by atoms with Crippen molar-refractivity contribution >= 4 is 28.2 Å². The summed E-state index contributed by atoms with van der Waals surface area (Å²) in [7, 11) is 1.43. The number of alkyl halides is 3. The van der Waals surface area contributed by atoms with E-state index in [1.807, 2.05) is 6.07 Å². The van der Waals surface area contributed by atoms with Crippen molar-refractivity contribution in [2.24, 2.45) is 0 Å². The normalized spacial score (nSPS) is 18.9. The number of hydrogen-bond donors (Lipinski definition) is 2. The highest BCUT2D eigenvalue weighted by Crippen LogP contribution is 2.31. The van der Waals surface area contributed by atoms with Crippen LogP contribution in [0.2, 0.25) is 0 Å². The quantitative estimate of drug-likeness (QED) is 0.616. The van der Waals surface area contributed by atoms with E-state index < -0.39 is 17.8 Å². The van der Waals surface area contributed by atoms with Gasteiger partial charge in [-0.2, -0.15) is 18.2 Å². The zero-order valence-electron chi connectivity index (χ0n) is 18.3. The van der Waals surface area contributed by atoms with E-state index in [1.165, 1.54) is 7.11 Å². The Bertz CT molecular complexity index is 1160. The summed E-state index contributed by atoms with van der Waals surface area (Å²) in [5, 5.41) is 6.74. The van der Waals surface area contributed by atoms with E-state index in [0.29, 0.717) is 10.9 Å². The van der Waals surface area contributed by atoms with E-state index in [-0.39, 0.29) is 29.3 Å². The number of anilines is 2. The van der Waals surface area contributed by atoms with Gasteiger partial charge in [-0.15, -0.1) is 0 Å². The lowest BCUT2D eigenvalue weighted by Gasteiger charge is -2.38. The van der Waals surface area contributed by atoms with E-state index in [2.05, 4.69) is 44.3 Å². The predicted octanol–water partition coefficient (Wildman–Crippen LogP) is 3.49. The van der Waals surface area contributed by atoms with Crippen molar-refractivity contribution in [2.45, 2.75) is 32.1 Å². The number of halogens is 3. The van der Waals surface area contributed by atoms with Gasteiger partial charge in [-0.3, -0.25) is 4.79 Å². The standard InChI is InChI=1S/C22H23F3N6O2/c1-12-10-31(11-13(2)28-12)17-6-5-15(19-16(17)9-27-21(30-19)33-3)20(32)29-14-4-7-18(26-8-14)22(23,24)25/h4-9,12-13,28H,10-11H2,1-3H3,(H,29,32)/t12-,13-/m0/s1. The molecule has 4 rings (SSSR count). The molecular weight excluding hydrogens is 437 g/mol. The first kappa shape index (κ1) is 22.7. The number of methoxy groups -OCH3 is 1. The second-order valence-corrected chi connectivity index (χ2v) is 8.01. The van der Waals surface area contributed by atoms with Crippen molar-refractivity contribution in [3.05, 3.63) is 47.9 Å². The van der Waals surface area contributed by atoms with Crippen LogP contribution >= 0.6 is 0 Å². The molecule has 0 bridgehead atoms. The van der Waals surface area contributed by atoms with Crippen LogP contribution in [0.25, 0.3) is 10.9 Å². The molecule has 33 heavy (non-hydrogen) atoms. The fraction of sp³-hybridized carbons (Fsp3) is 0.364. The molecule has 2 atom stereocenters. The summed E-state index contributed by atoms with van der Waals surface area (Å²) in [6, 6.07) is 6.11. The van der Waals surface area contributed by atoms with Gasteiger partial charge in [-0.05, 0) is 38.1 Å². The van der Waals surface area contributed by atoms with Crippen molar-refractivity contribution in [3.8, 4) is 6.01 Å². The van der Waals surface area contributed by atoms with E-state index in [9.17, 15) is 18.0 Å². The van der Waals surface area contributed by atoms with Crippen molar-refractivity contribution in [3.63, 3.8) is 0 Å². The Labute approximate surface area is 188 Å². The van der Waals surface area contributed by atoms with Crippen LogP contribution < -0.4 is 20.3 Å². The number of carbonyl (C=O) groups is 1. The number of aromatic nitrogens is 3. The minimum absolute atomic E-state index is 0.104. The predicted molar refractivity (Wildman–Crippen MR) is 118 cm³/mol. The Kier molecular flexibility index (Phi) is 6.07. The summed E-state index contributed by atoms with van der Waals surface area (Å²) in [5.41, 5.74) is 0.616. The van der Waals surface area contributed by atoms with Crippen molar-refractivity contribution in [1.82, 2.24) is 20.3 Å². The smallest absolute Gasteiger partial charge is 0.433 e. The number of nitrogens with zero attached hydrogens (tertiary/aromatic N) is 4. The monoisotopic (exact) mass is 460 g/mol. The van der Waals surface area contributed by atoms with Gasteiger partial charge < -0.3 is 20.3 Å². The van der Waals surface area contributed by atoms with Gasteiger partial charge in [-0.25, -0.2) is 9.97 Å². The fourth-order valence-corrected chi connectivity index (χ4v) is 4.00. The topological polar surface area (TPSA) is 92.3 Å². The summed E-state index contributed by atoms with van der Waals surface area (Å²) in [6.07, 6.45) is -1.97. The van der Waals surface area contributed by atoms with E-state index >= 15 is 0 Å². The Morgan fingerprint density at radius 2 is 1.85 bits per heavy atom. The molecule has 1 aromatic carbocycles. The molecule has 2 aromatic heterocycles. The number of fused-ring (bicyclic) bond motifs is 1. The molecule has 1 saturated heterocycles. The largest absolute Gasteiger partial charge is 0.467 e. The molecule has 174 valence electrons. The van der Waals surface area contributed by atoms with Gasteiger partial charge in [0.2, 0.25) is 0 Å². The Balaban J connectivity index is 1.69. The molecule has 0 saturated carbocycles. The zero-order chi connectivity index (χ0) is 23.8. The Morgan fingerprint density at radius 3 is 2.45 bits per heavy atom. The fourth-order valence-electron chi connectivity index (χ4n) is 4.00. The molecule has 0 spiro atoms. The Hall–Kier alpha value is -3.47.